The Hall–Kier alpha value is -1.35. The average Bonchev–Trinajstić information content (AvgIpc) is 3.15. The number of carbonyl (C=O) groups excluding carboxylic acids is 2. The van der Waals surface area contributed by atoms with Crippen LogP contribution in [0.4, 0.5) is 4.79 Å². The third kappa shape index (κ3) is 3.36. The summed E-state index contributed by atoms with van der Waals surface area (Å²) in [6.45, 7) is 5.29. The van der Waals surface area contributed by atoms with Gasteiger partial charge in [-0.2, -0.15) is 8.42 Å². The highest BCUT2D eigenvalue weighted by Crippen LogP contribution is 2.55. The molecule has 0 spiro atoms. The first-order valence-electron chi connectivity index (χ1n) is 8.58. The number of hydrogen-bond donors (Lipinski definition) is 0. The van der Waals surface area contributed by atoms with Crippen LogP contribution in [0.3, 0.4) is 0 Å². The highest BCUT2D eigenvalue weighted by Gasteiger charge is 2.65. The zero-order valence-corrected chi connectivity index (χ0v) is 15.4. The highest BCUT2D eigenvalue weighted by molar-refractivity contribution is 7.87. The van der Waals surface area contributed by atoms with Crippen LogP contribution in [0.1, 0.15) is 40.0 Å². The van der Waals surface area contributed by atoms with Gasteiger partial charge in [-0.3, -0.25) is 8.98 Å². The lowest BCUT2D eigenvalue weighted by Gasteiger charge is -2.24. The van der Waals surface area contributed by atoms with Crippen LogP contribution in [0, 0.1) is 17.3 Å². The lowest BCUT2D eigenvalue weighted by molar-refractivity contribution is -0.155. The summed E-state index contributed by atoms with van der Waals surface area (Å²) in [5.74, 6) is -0.450. The van der Waals surface area contributed by atoms with E-state index >= 15 is 0 Å². The van der Waals surface area contributed by atoms with Gasteiger partial charge in [0.1, 0.15) is 25.4 Å². The Kier molecular flexibility index (Phi) is 4.74. The summed E-state index contributed by atoms with van der Waals surface area (Å²) in [6, 6.07) is 0. The largest absolute Gasteiger partial charge is 0.508 e. The van der Waals surface area contributed by atoms with Gasteiger partial charge in [0.2, 0.25) is 0 Å². The van der Waals surface area contributed by atoms with Gasteiger partial charge in [0.15, 0.2) is 0 Å². The maximum atomic E-state index is 11.8. The predicted molar refractivity (Wildman–Crippen MR) is 85.0 cm³/mol. The molecule has 5 atom stereocenters. The third-order valence-corrected chi connectivity index (χ3v) is 7.39. The maximum absolute atomic E-state index is 11.8. The smallest absolute Gasteiger partial charge is 0.462 e. The molecule has 0 radical (unpaired) electrons. The van der Waals surface area contributed by atoms with Crippen molar-refractivity contribution >= 4 is 22.2 Å². The van der Waals surface area contributed by atoms with Crippen molar-refractivity contribution in [3.8, 4) is 0 Å². The Morgan fingerprint density at radius 1 is 1.16 bits per heavy atom. The first kappa shape index (κ1) is 18.4. The van der Waals surface area contributed by atoms with Crippen LogP contribution >= 0.6 is 0 Å². The van der Waals surface area contributed by atoms with E-state index < -0.39 is 39.1 Å². The second-order valence-corrected chi connectivity index (χ2v) is 9.33. The maximum Gasteiger partial charge on any atom is 0.508 e. The van der Waals surface area contributed by atoms with Crippen molar-refractivity contribution in [2.45, 2.75) is 57.5 Å². The minimum absolute atomic E-state index is 0.00648. The zero-order valence-electron chi connectivity index (χ0n) is 14.6. The topological polar surface area (TPSA) is 105 Å². The summed E-state index contributed by atoms with van der Waals surface area (Å²) in [7, 11) is -3.54. The Morgan fingerprint density at radius 2 is 1.84 bits per heavy atom. The number of carbonyl (C=O) groups is 2. The second-order valence-electron chi connectivity index (χ2n) is 7.54. The molecule has 8 nitrogen and oxygen atoms in total. The van der Waals surface area contributed by atoms with Gasteiger partial charge in [0, 0.05) is 11.8 Å². The summed E-state index contributed by atoms with van der Waals surface area (Å²) in [6.07, 6.45) is -0.282. The summed E-state index contributed by atoms with van der Waals surface area (Å²) < 4.78 is 44.1. The van der Waals surface area contributed by atoms with Gasteiger partial charge >= 0.3 is 12.1 Å². The Labute approximate surface area is 147 Å². The van der Waals surface area contributed by atoms with Gasteiger partial charge in [0.05, 0.1) is 10.7 Å². The summed E-state index contributed by atoms with van der Waals surface area (Å²) in [5, 5.41) is -0.459. The molecule has 0 aromatic heterocycles. The molecular weight excluding hydrogens is 352 g/mol. The lowest BCUT2D eigenvalue weighted by atomic mass is 9.91. The first-order chi connectivity index (χ1) is 11.7. The zero-order chi connectivity index (χ0) is 18.4. The fourth-order valence-electron chi connectivity index (χ4n) is 3.79. The standard InChI is InChI=1S/C16H24O8S/c1-4-16(2,3)14(17)21-5-6-22-15(18)23-12-9-7-10-11(8-9)25(19,20)24-13(10)12/h9-13H,4-8H2,1-3H3. The van der Waals surface area contributed by atoms with E-state index in [4.69, 9.17) is 18.4 Å². The molecule has 142 valence electrons. The number of rotatable bonds is 6. The van der Waals surface area contributed by atoms with E-state index in [1.54, 1.807) is 13.8 Å². The third-order valence-electron chi connectivity index (χ3n) is 5.62. The molecule has 2 saturated carbocycles. The number of fused-ring (bicyclic) bond motifs is 1. The fourth-order valence-corrected chi connectivity index (χ4v) is 5.67. The molecule has 25 heavy (non-hydrogen) atoms. The molecule has 3 aliphatic rings. The average molecular weight is 376 g/mol. The summed E-state index contributed by atoms with van der Waals surface area (Å²) >= 11 is 0. The molecule has 2 bridgehead atoms. The molecular formula is C16H24O8S. The molecule has 5 unspecified atom stereocenters. The number of hydrogen-bond acceptors (Lipinski definition) is 8. The van der Waals surface area contributed by atoms with Gasteiger partial charge in [0.25, 0.3) is 10.1 Å². The molecule has 0 amide bonds. The second kappa shape index (κ2) is 6.42. The van der Waals surface area contributed by atoms with Gasteiger partial charge in [-0.15, -0.1) is 0 Å². The molecule has 9 heteroatoms. The predicted octanol–water partition coefficient (Wildman–Crippen LogP) is 1.62. The highest BCUT2D eigenvalue weighted by atomic mass is 32.2. The lowest BCUT2D eigenvalue weighted by Crippen LogP contribution is -2.37. The molecule has 1 saturated heterocycles. The van der Waals surface area contributed by atoms with Crippen LogP contribution in [-0.2, 0) is 33.3 Å². The number of esters is 1. The number of ether oxygens (including phenoxy) is 3. The van der Waals surface area contributed by atoms with E-state index in [-0.39, 0.29) is 31.0 Å². The van der Waals surface area contributed by atoms with Gasteiger partial charge in [-0.05, 0) is 33.1 Å². The molecule has 0 aromatic carbocycles. The van der Waals surface area contributed by atoms with E-state index in [0.29, 0.717) is 19.3 Å². The van der Waals surface area contributed by atoms with Crippen LogP contribution < -0.4 is 0 Å². The minimum atomic E-state index is -3.54. The molecule has 1 heterocycles. The van der Waals surface area contributed by atoms with Crippen molar-refractivity contribution in [3.63, 3.8) is 0 Å². The normalized spacial score (nSPS) is 34.8. The van der Waals surface area contributed by atoms with Crippen molar-refractivity contribution in [2.75, 3.05) is 13.2 Å². The van der Waals surface area contributed by atoms with Crippen molar-refractivity contribution in [1.29, 1.82) is 0 Å². The van der Waals surface area contributed by atoms with Crippen LogP contribution in [0.25, 0.3) is 0 Å². The Bertz CT molecular complexity index is 655. The Balaban J connectivity index is 1.42. The van der Waals surface area contributed by atoms with Crippen LogP contribution in [-0.4, -0.2) is 51.2 Å². The van der Waals surface area contributed by atoms with Gasteiger partial charge in [-0.25, -0.2) is 4.79 Å². The van der Waals surface area contributed by atoms with Gasteiger partial charge in [-0.1, -0.05) is 6.92 Å². The minimum Gasteiger partial charge on any atom is -0.462 e. The molecule has 0 N–H and O–H groups in total. The summed E-state index contributed by atoms with van der Waals surface area (Å²) in [5.41, 5.74) is -0.578. The van der Waals surface area contributed by atoms with E-state index in [1.165, 1.54) is 0 Å². The monoisotopic (exact) mass is 376 g/mol. The summed E-state index contributed by atoms with van der Waals surface area (Å²) in [4.78, 5) is 23.6. The first-order valence-corrected chi connectivity index (χ1v) is 10.1. The van der Waals surface area contributed by atoms with Crippen LogP contribution in [0.15, 0.2) is 0 Å². The molecule has 3 rings (SSSR count). The van der Waals surface area contributed by atoms with E-state index in [0.717, 1.165) is 0 Å². The van der Waals surface area contributed by atoms with Crippen LogP contribution in [0.5, 0.6) is 0 Å². The van der Waals surface area contributed by atoms with Crippen molar-refractivity contribution in [3.05, 3.63) is 0 Å². The molecule has 2 aliphatic carbocycles. The molecule has 3 fully saturated rings. The van der Waals surface area contributed by atoms with Crippen molar-refractivity contribution < 1.29 is 36.4 Å². The van der Waals surface area contributed by atoms with E-state index in [2.05, 4.69) is 0 Å². The SMILES string of the molecule is CCC(C)(C)C(=O)OCCOC(=O)OC1C2CC3C1OS(=O)(=O)C3C2. The molecule has 1 aliphatic heterocycles. The van der Waals surface area contributed by atoms with Crippen LogP contribution in [0.2, 0.25) is 0 Å². The fraction of sp³-hybridized carbons (Fsp3) is 0.875. The van der Waals surface area contributed by atoms with E-state index in [1.807, 2.05) is 6.92 Å². The quantitative estimate of drug-likeness (QED) is 0.391. The van der Waals surface area contributed by atoms with Crippen molar-refractivity contribution in [2.24, 2.45) is 17.3 Å². The molecule has 0 aromatic rings. The van der Waals surface area contributed by atoms with Crippen molar-refractivity contribution in [1.82, 2.24) is 0 Å². The van der Waals surface area contributed by atoms with Gasteiger partial charge < -0.3 is 14.2 Å². The Morgan fingerprint density at radius 3 is 2.52 bits per heavy atom. The van der Waals surface area contributed by atoms with E-state index in [9.17, 15) is 18.0 Å².